The van der Waals surface area contributed by atoms with Crippen molar-refractivity contribution in [3.63, 3.8) is 0 Å². The van der Waals surface area contributed by atoms with E-state index in [2.05, 4.69) is 22.1 Å². The van der Waals surface area contributed by atoms with Gasteiger partial charge in [-0.15, -0.1) is 0 Å². The van der Waals surface area contributed by atoms with Gasteiger partial charge in [-0.05, 0) is 22.8 Å². The molecule has 3 heteroatoms. The normalized spacial score (nSPS) is 12.1. The van der Waals surface area contributed by atoms with Gasteiger partial charge in [-0.2, -0.15) is 0 Å². The Bertz CT molecular complexity index is 666. The van der Waals surface area contributed by atoms with Gasteiger partial charge in [0.25, 0.3) is 0 Å². The zero-order valence-corrected chi connectivity index (χ0v) is 10.8. The topological polar surface area (TPSA) is 46.0 Å². The summed E-state index contributed by atoms with van der Waals surface area (Å²) in [5, 5.41) is 10.3. The maximum atomic E-state index is 10.3. The zero-order chi connectivity index (χ0) is 13.8. The number of benzene rings is 2. The molecule has 0 aliphatic rings. The molecule has 0 fully saturated rings. The third-order valence-electron chi connectivity index (χ3n) is 3.22. The SMILES string of the molecule is OC(c1ccc(-c2ccccc2)cc1)c1ccncn1. The molecule has 0 bridgehead atoms. The van der Waals surface area contributed by atoms with E-state index in [9.17, 15) is 5.11 Å². The Labute approximate surface area is 117 Å². The molecule has 3 nitrogen and oxygen atoms in total. The number of hydrogen-bond donors (Lipinski definition) is 1. The van der Waals surface area contributed by atoms with Crippen molar-refractivity contribution >= 4 is 0 Å². The summed E-state index contributed by atoms with van der Waals surface area (Å²) < 4.78 is 0. The lowest BCUT2D eigenvalue weighted by atomic mass is 10.0. The zero-order valence-electron chi connectivity index (χ0n) is 10.8. The van der Waals surface area contributed by atoms with E-state index < -0.39 is 6.10 Å². The summed E-state index contributed by atoms with van der Waals surface area (Å²) in [7, 11) is 0. The van der Waals surface area contributed by atoms with E-state index in [1.807, 2.05) is 42.5 Å². The molecule has 1 N–H and O–H groups in total. The van der Waals surface area contributed by atoms with Crippen LogP contribution in [0, 0.1) is 0 Å². The van der Waals surface area contributed by atoms with Gasteiger partial charge in [-0.25, -0.2) is 9.97 Å². The largest absolute Gasteiger partial charge is 0.382 e. The Morgan fingerprint density at radius 3 is 2.15 bits per heavy atom. The highest BCUT2D eigenvalue weighted by molar-refractivity contribution is 5.63. The van der Waals surface area contributed by atoms with Crippen LogP contribution in [0.4, 0.5) is 0 Å². The second kappa shape index (κ2) is 5.63. The van der Waals surface area contributed by atoms with Crippen LogP contribution in [0.25, 0.3) is 11.1 Å². The molecule has 1 atom stereocenters. The van der Waals surface area contributed by atoms with E-state index >= 15 is 0 Å². The van der Waals surface area contributed by atoms with E-state index in [-0.39, 0.29) is 0 Å². The summed E-state index contributed by atoms with van der Waals surface area (Å²) in [5.41, 5.74) is 3.72. The number of aliphatic hydroxyl groups excluding tert-OH is 1. The molecular formula is C17H14N2O. The Morgan fingerprint density at radius 1 is 0.800 bits per heavy atom. The van der Waals surface area contributed by atoms with Crippen LogP contribution >= 0.6 is 0 Å². The van der Waals surface area contributed by atoms with Crippen LogP contribution in [0.3, 0.4) is 0 Å². The predicted molar refractivity (Wildman–Crippen MR) is 78.0 cm³/mol. The van der Waals surface area contributed by atoms with Gasteiger partial charge >= 0.3 is 0 Å². The van der Waals surface area contributed by atoms with Gasteiger partial charge in [0.1, 0.15) is 12.4 Å². The molecule has 98 valence electrons. The maximum Gasteiger partial charge on any atom is 0.121 e. The van der Waals surface area contributed by atoms with Crippen LogP contribution in [-0.4, -0.2) is 15.1 Å². The second-order valence-electron chi connectivity index (χ2n) is 4.52. The van der Waals surface area contributed by atoms with Gasteiger partial charge in [0.15, 0.2) is 0 Å². The van der Waals surface area contributed by atoms with E-state index in [0.29, 0.717) is 5.69 Å². The van der Waals surface area contributed by atoms with Crippen molar-refractivity contribution in [2.24, 2.45) is 0 Å². The number of rotatable bonds is 3. The van der Waals surface area contributed by atoms with Crippen molar-refractivity contribution in [2.75, 3.05) is 0 Å². The highest BCUT2D eigenvalue weighted by Gasteiger charge is 2.11. The lowest BCUT2D eigenvalue weighted by molar-refractivity contribution is 0.215. The molecule has 3 aromatic rings. The molecule has 1 heterocycles. The van der Waals surface area contributed by atoms with Gasteiger partial charge in [-0.3, -0.25) is 0 Å². The van der Waals surface area contributed by atoms with Gasteiger partial charge < -0.3 is 5.11 Å². The summed E-state index contributed by atoms with van der Waals surface area (Å²) in [6.07, 6.45) is 2.35. The first-order valence-corrected chi connectivity index (χ1v) is 6.44. The highest BCUT2D eigenvalue weighted by atomic mass is 16.3. The monoisotopic (exact) mass is 262 g/mol. The third-order valence-corrected chi connectivity index (χ3v) is 3.22. The van der Waals surface area contributed by atoms with E-state index in [0.717, 1.165) is 16.7 Å². The van der Waals surface area contributed by atoms with Crippen LogP contribution in [0.2, 0.25) is 0 Å². The molecule has 0 amide bonds. The minimum Gasteiger partial charge on any atom is -0.382 e. The van der Waals surface area contributed by atoms with E-state index in [1.54, 1.807) is 12.3 Å². The standard InChI is InChI=1S/C17H14N2O/c20-17(16-10-11-18-12-19-16)15-8-6-14(7-9-15)13-4-2-1-3-5-13/h1-12,17,20H. The lowest BCUT2D eigenvalue weighted by Crippen LogP contribution is -2.02. The Kier molecular flexibility index (Phi) is 3.52. The first-order valence-electron chi connectivity index (χ1n) is 6.44. The molecule has 0 saturated heterocycles. The molecular weight excluding hydrogens is 248 g/mol. The van der Waals surface area contributed by atoms with Crippen LogP contribution in [0.15, 0.2) is 73.2 Å². The molecule has 20 heavy (non-hydrogen) atoms. The molecule has 1 aromatic heterocycles. The molecule has 1 unspecified atom stereocenters. The minimum atomic E-state index is -0.720. The fraction of sp³-hybridized carbons (Fsp3) is 0.0588. The number of aliphatic hydroxyl groups is 1. The Balaban J connectivity index is 1.87. The number of hydrogen-bond acceptors (Lipinski definition) is 3. The van der Waals surface area contributed by atoms with Crippen molar-refractivity contribution in [3.8, 4) is 11.1 Å². The molecule has 0 radical (unpaired) electrons. The Morgan fingerprint density at radius 2 is 1.50 bits per heavy atom. The maximum absolute atomic E-state index is 10.3. The summed E-state index contributed by atoms with van der Waals surface area (Å²) in [4.78, 5) is 7.93. The average molecular weight is 262 g/mol. The fourth-order valence-corrected chi connectivity index (χ4v) is 2.12. The Hall–Kier alpha value is -2.52. The molecule has 2 aromatic carbocycles. The van der Waals surface area contributed by atoms with Crippen molar-refractivity contribution in [3.05, 3.63) is 84.4 Å². The second-order valence-corrected chi connectivity index (χ2v) is 4.52. The van der Waals surface area contributed by atoms with Crippen LogP contribution in [0.1, 0.15) is 17.4 Å². The summed E-state index contributed by atoms with van der Waals surface area (Å²) in [6, 6.07) is 19.7. The summed E-state index contributed by atoms with van der Waals surface area (Å²) in [6.45, 7) is 0. The summed E-state index contributed by atoms with van der Waals surface area (Å²) >= 11 is 0. The van der Waals surface area contributed by atoms with Crippen molar-refractivity contribution in [1.82, 2.24) is 9.97 Å². The summed E-state index contributed by atoms with van der Waals surface area (Å²) in [5.74, 6) is 0. The van der Waals surface area contributed by atoms with E-state index in [4.69, 9.17) is 0 Å². The highest BCUT2D eigenvalue weighted by Crippen LogP contribution is 2.24. The molecule has 0 aliphatic heterocycles. The van der Waals surface area contributed by atoms with Crippen LogP contribution in [-0.2, 0) is 0 Å². The van der Waals surface area contributed by atoms with Gasteiger partial charge in [0.05, 0.1) is 5.69 Å². The van der Waals surface area contributed by atoms with Crippen molar-refractivity contribution in [1.29, 1.82) is 0 Å². The smallest absolute Gasteiger partial charge is 0.121 e. The molecule has 3 rings (SSSR count). The molecule has 0 aliphatic carbocycles. The van der Waals surface area contributed by atoms with Crippen molar-refractivity contribution in [2.45, 2.75) is 6.10 Å². The predicted octanol–water partition coefficient (Wildman–Crippen LogP) is 3.23. The first kappa shape index (κ1) is 12.5. The molecule has 0 spiro atoms. The van der Waals surface area contributed by atoms with Gasteiger partial charge in [0.2, 0.25) is 0 Å². The number of nitrogens with zero attached hydrogens (tertiary/aromatic N) is 2. The van der Waals surface area contributed by atoms with Crippen molar-refractivity contribution < 1.29 is 5.11 Å². The van der Waals surface area contributed by atoms with Crippen LogP contribution in [0.5, 0.6) is 0 Å². The minimum absolute atomic E-state index is 0.604. The quantitative estimate of drug-likeness (QED) is 0.788. The lowest BCUT2D eigenvalue weighted by Gasteiger charge is -2.11. The molecule has 0 saturated carbocycles. The van der Waals surface area contributed by atoms with Gasteiger partial charge in [0, 0.05) is 6.20 Å². The number of aromatic nitrogens is 2. The third kappa shape index (κ3) is 2.58. The van der Waals surface area contributed by atoms with E-state index in [1.165, 1.54) is 6.33 Å². The van der Waals surface area contributed by atoms with Crippen LogP contribution < -0.4 is 0 Å². The fourth-order valence-electron chi connectivity index (χ4n) is 2.12. The van der Waals surface area contributed by atoms with Gasteiger partial charge in [-0.1, -0.05) is 54.6 Å². The first-order chi connectivity index (χ1) is 9.84. The average Bonchev–Trinajstić information content (AvgIpc) is 2.56.